The summed E-state index contributed by atoms with van der Waals surface area (Å²) < 4.78 is 5.05. The summed E-state index contributed by atoms with van der Waals surface area (Å²) in [6, 6.07) is 6.85. The van der Waals surface area contributed by atoms with Crippen LogP contribution in [0.25, 0.3) is 0 Å². The summed E-state index contributed by atoms with van der Waals surface area (Å²) in [5, 5.41) is 14.6. The van der Waals surface area contributed by atoms with Crippen molar-refractivity contribution in [1.82, 2.24) is 5.32 Å². The maximum atomic E-state index is 11.9. The second kappa shape index (κ2) is 6.97. The van der Waals surface area contributed by atoms with Gasteiger partial charge in [-0.3, -0.25) is 4.79 Å². The summed E-state index contributed by atoms with van der Waals surface area (Å²) >= 11 is 0. The van der Waals surface area contributed by atoms with Crippen molar-refractivity contribution in [3.05, 3.63) is 24.3 Å². The molecule has 0 bridgehead atoms. The van der Waals surface area contributed by atoms with Gasteiger partial charge in [0.25, 0.3) is 0 Å². The molecule has 3 N–H and O–H groups in total. The molecule has 114 valence electrons. The Morgan fingerprint density at radius 1 is 1.14 bits per heavy atom. The third-order valence-electron chi connectivity index (χ3n) is 3.76. The van der Waals surface area contributed by atoms with E-state index >= 15 is 0 Å². The van der Waals surface area contributed by atoms with Crippen molar-refractivity contribution >= 4 is 17.7 Å². The third kappa shape index (κ3) is 4.37. The molecule has 0 saturated heterocycles. The van der Waals surface area contributed by atoms with Gasteiger partial charge >= 0.3 is 12.0 Å². The van der Waals surface area contributed by atoms with E-state index in [-0.39, 0.29) is 18.0 Å². The van der Waals surface area contributed by atoms with Crippen LogP contribution in [-0.2, 0) is 4.79 Å². The molecule has 0 atom stereocenters. The molecule has 6 nitrogen and oxygen atoms in total. The van der Waals surface area contributed by atoms with Crippen LogP contribution in [0.1, 0.15) is 25.7 Å². The number of rotatable bonds is 4. The number of methoxy groups -OCH3 is 1. The van der Waals surface area contributed by atoms with Crippen LogP contribution in [0.15, 0.2) is 24.3 Å². The number of carbonyl (C=O) groups excluding carboxylic acids is 1. The zero-order chi connectivity index (χ0) is 15.2. The monoisotopic (exact) mass is 292 g/mol. The molecule has 1 fully saturated rings. The van der Waals surface area contributed by atoms with Gasteiger partial charge in [0.1, 0.15) is 5.75 Å². The summed E-state index contributed by atoms with van der Waals surface area (Å²) in [7, 11) is 1.59. The fourth-order valence-electron chi connectivity index (χ4n) is 2.51. The quantitative estimate of drug-likeness (QED) is 0.795. The van der Waals surface area contributed by atoms with Crippen molar-refractivity contribution in [3.8, 4) is 5.75 Å². The number of ether oxygens (including phenoxy) is 1. The van der Waals surface area contributed by atoms with Crippen molar-refractivity contribution in [3.63, 3.8) is 0 Å². The number of benzene rings is 1. The van der Waals surface area contributed by atoms with Gasteiger partial charge in [0.05, 0.1) is 13.0 Å². The lowest BCUT2D eigenvalue weighted by molar-refractivity contribution is -0.142. The van der Waals surface area contributed by atoms with E-state index in [4.69, 9.17) is 9.84 Å². The Balaban J connectivity index is 1.78. The molecule has 0 spiro atoms. The smallest absolute Gasteiger partial charge is 0.319 e. The number of amides is 2. The van der Waals surface area contributed by atoms with Gasteiger partial charge in [-0.25, -0.2) is 4.79 Å². The number of urea groups is 1. The lowest BCUT2D eigenvalue weighted by Crippen LogP contribution is -2.40. The highest BCUT2D eigenvalue weighted by molar-refractivity contribution is 5.89. The van der Waals surface area contributed by atoms with E-state index in [1.807, 2.05) is 0 Å². The normalized spacial score (nSPS) is 21.4. The molecule has 6 heteroatoms. The predicted octanol–water partition coefficient (Wildman–Crippen LogP) is 2.46. The fourth-order valence-corrected chi connectivity index (χ4v) is 2.51. The molecule has 21 heavy (non-hydrogen) atoms. The van der Waals surface area contributed by atoms with Crippen LogP contribution in [0.3, 0.4) is 0 Å². The number of hydrogen-bond acceptors (Lipinski definition) is 3. The van der Waals surface area contributed by atoms with E-state index in [1.54, 1.807) is 31.4 Å². The first-order chi connectivity index (χ1) is 10.1. The molecule has 0 heterocycles. The van der Waals surface area contributed by atoms with Crippen LogP contribution in [0, 0.1) is 5.92 Å². The Morgan fingerprint density at radius 2 is 1.76 bits per heavy atom. The highest BCUT2D eigenvalue weighted by Gasteiger charge is 2.26. The minimum Gasteiger partial charge on any atom is -0.497 e. The fraction of sp³-hybridized carbons (Fsp3) is 0.467. The van der Waals surface area contributed by atoms with Gasteiger partial charge in [-0.05, 0) is 49.9 Å². The van der Waals surface area contributed by atoms with E-state index in [2.05, 4.69) is 10.6 Å². The lowest BCUT2D eigenvalue weighted by atomic mass is 9.86. The maximum absolute atomic E-state index is 11.9. The van der Waals surface area contributed by atoms with Crippen molar-refractivity contribution in [1.29, 1.82) is 0 Å². The van der Waals surface area contributed by atoms with Crippen molar-refractivity contribution in [2.75, 3.05) is 12.4 Å². The molecular formula is C15H20N2O4. The summed E-state index contributed by atoms with van der Waals surface area (Å²) in [6.07, 6.45) is 2.63. The molecule has 0 aromatic heterocycles. The third-order valence-corrected chi connectivity index (χ3v) is 3.76. The molecule has 0 aliphatic heterocycles. The van der Waals surface area contributed by atoms with Crippen molar-refractivity contribution < 1.29 is 19.4 Å². The second-order valence-electron chi connectivity index (χ2n) is 5.21. The molecule has 1 aromatic rings. The number of anilines is 1. The first-order valence-corrected chi connectivity index (χ1v) is 7.03. The Hall–Kier alpha value is -2.24. The Bertz CT molecular complexity index is 493. The Morgan fingerprint density at radius 3 is 2.29 bits per heavy atom. The van der Waals surface area contributed by atoms with Crippen molar-refractivity contribution in [2.45, 2.75) is 31.7 Å². The molecule has 1 saturated carbocycles. The summed E-state index contributed by atoms with van der Waals surface area (Å²) in [5.74, 6) is -0.281. The van der Waals surface area contributed by atoms with Crippen LogP contribution < -0.4 is 15.4 Å². The van der Waals surface area contributed by atoms with Crippen LogP contribution in [0.2, 0.25) is 0 Å². The summed E-state index contributed by atoms with van der Waals surface area (Å²) in [4.78, 5) is 22.7. The van der Waals surface area contributed by atoms with Crippen molar-refractivity contribution in [2.24, 2.45) is 5.92 Å². The SMILES string of the molecule is COc1ccc(NC(=O)NC2CCC(C(=O)O)CC2)cc1. The minimum absolute atomic E-state index is 0.0406. The predicted molar refractivity (Wildman–Crippen MR) is 78.5 cm³/mol. The van der Waals surface area contributed by atoms with Crippen LogP contribution >= 0.6 is 0 Å². The minimum atomic E-state index is -0.740. The summed E-state index contributed by atoms with van der Waals surface area (Å²) in [5.41, 5.74) is 0.688. The van der Waals surface area contributed by atoms with E-state index < -0.39 is 5.97 Å². The van der Waals surface area contributed by atoms with Gasteiger partial charge in [0, 0.05) is 11.7 Å². The molecule has 1 aliphatic carbocycles. The van der Waals surface area contributed by atoms with Crippen LogP contribution in [0.4, 0.5) is 10.5 Å². The van der Waals surface area contributed by atoms with Gasteiger partial charge in [-0.2, -0.15) is 0 Å². The first kappa shape index (κ1) is 15.2. The van der Waals surface area contributed by atoms with Gasteiger partial charge < -0.3 is 20.5 Å². The average molecular weight is 292 g/mol. The largest absolute Gasteiger partial charge is 0.497 e. The molecule has 2 rings (SSSR count). The highest BCUT2D eigenvalue weighted by Crippen LogP contribution is 2.24. The number of carbonyl (C=O) groups is 2. The standard InChI is InChI=1S/C15H20N2O4/c1-21-13-8-6-12(7-9-13)17-15(20)16-11-4-2-10(3-5-11)14(18)19/h6-11H,2-5H2,1H3,(H,18,19)(H2,16,17,20). The number of carboxylic acid groups (broad SMARTS) is 1. The Kier molecular flexibility index (Phi) is 5.03. The lowest BCUT2D eigenvalue weighted by Gasteiger charge is -2.26. The topological polar surface area (TPSA) is 87.7 Å². The molecular weight excluding hydrogens is 272 g/mol. The number of hydrogen-bond donors (Lipinski definition) is 3. The molecule has 0 unspecified atom stereocenters. The van der Waals surface area contributed by atoms with Crippen LogP contribution in [0.5, 0.6) is 5.75 Å². The van der Waals surface area contributed by atoms with Gasteiger partial charge in [-0.1, -0.05) is 0 Å². The number of nitrogens with one attached hydrogen (secondary N) is 2. The molecule has 0 radical (unpaired) electrons. The van der Waals surface area contributed by atoms with Gasteiger partial charge in [0.15, 0.2) is 0 Å². The average Bonchev–Trinajstić information content (AvgIpc) is 2.48. The molecule has 1 aromatic carbocycles. The number of aliphatic carboxylic acids is 1. The molecule has 1 aliphatic rings. The highest BCUT2D eigenvalue weighted by atomic mass is 16.5. The first-order valence-electron chi connectivity index (χ1n) is 7.03. The zero-order valence-corrected chi connectivity index (χ0v) is 12.0. The number of carboxylic acids is 1. The van der Waals surface area contributed by atoms with E-state index in [0.29, 0.717) is 31.4 Å². The van der Waals surface area contributed by atoms with Crippen LogP contribution in [-0.4, -0.2) is 30.3 Å². The Labute approximate surface area is 123 Å². The van der Waals surface area contributed by atoms with E-state index in [0.717, 1.165) is 5.75 Å². The zero-order valence-electron chi connectivity index (χ0n) is 12.0. The molecule has 2 amide bonds. The summed E-state index contributed by atoms with van der Waals surface area (Å²) in [6.45, 7) is 0. The van der Waals surface area contributed by atoms with Gasteiger partial charge in [-0.15, -0.1) is 0 Å². The van der Waals surface area contributed by atoms with E-state index in [1.165, 1.54) is 0 Å². The van der Waals surface area contributed by atoms with E-state index in [9.17, 15) is 9.59 Å². The second-order valence-corrected chi connectivity index (χ2v) is 5.21. The van der Waals surface area contributed by atoms with Gasteiger partial charge in [0.2, 0.25) is 0 Å². The maximum Gasteiger partial charge on any atom is 0.319 e.